The Labute approximate surface area is 103 Å². The number of nitrogens with two attached hydrogens (primary N) is 1. The summed E-state index contributed by atoms with van der Waals surface area (Å²) in [7, 11) is 4.04. The molecule has 0 saturated heterocycles. The minimum Gasteiger partial charge on any atom is -0.352 e. The lowest BCUT2D eigenvalue weighted by atomic mass is 10.1. The van der Waals surface area contributed by atoms with Crippen molar-refractivity contribution in [2.75, 3.05) is 27.2 Å². The number of rotatable bonds is 6. The molecular formula is C13H21N3O. The molecule has 0 aliphatic rings. The molecule has 0 aromatic heterocycles. The van der Waals surface area contributed by atoms with E-state index in [1.807, 2.05) is 38.4 Å². The molecule has 0 aliphatic carbocycles. The normalized spacial score (nSPS) is 10.6. The third-order valence-corrected chi connectivity index (χ3v) is 2.55. The molecule has 3 N–H and O–H groups in total. The number of carbonyl (C=O) groups excluding carboxylic acids is 1. The summed E-state index contributed by atoms with van der Waals surface area (Å²) in [4.78, 5) is 14.0. The molecule has 0 atom stereocenters. The van der Waals surface area contributed by atoms with E-state index in [0.29, 0.717) is 18.7 Å². The van der Waals surface area contributed by atoms with Crippen LogP contribution in [0.15, 0.2) is 24.3 Å². The maximum atomic E-state index is 11.9. The summed E-state index contributed by atoms with van der Waals surface area (Å²) < 4.78 is 0. The van der Waals surface area contributed by atoms with Crippen molar-refractivity contribution in [1.82, 2.24) is 10.2 Å². The maximum Gasteiger partial charge on any atom is 0.251 e. The molecule has 0 saturated carbocycles. The molecule has 94 valence electrons. The second-order valence-corrected chi connectivity index (χ2v) is 4.27. The summed E-state index contributed by atoms with van der Waals surface area (Å²) in [5.74, 6) is -0.0372. The zero-order chi connectivity index (χ0) is 12.7. The predicted octanol–water partition coefficient (Wildman–Crippen LogP) is 0.827. The van der Waals surface area contributed by atoms with Gasteiger partial charge in [0.25, 0.3) is 5.91 Å². The van der Waals surface area contributed by atoms with E-state index in [4.69, 9.17) is 5.73 Å². The van der Waals surface area contributed by atoms with Gasteiger partial charge in [0.05, 0.1) is 0 Å². The number of nitrogens with zero attached hydrogens (tertiary/aromatic N) is 1. The molecular weight excluding hydrogens is 214 g/mol. The van der Waals surface area contributed by atoms with Crippen molar-refractivity contribution in [2.45, 2.75) is 13.0 Å². The van der Waals surface area contributed by atoms with Crippen molar-refractivity contribution >= 4 is 5.91 Å². The monoisotopic (exact) mass is 235 g/mol. The van der Waals surface area contributed by atoms with Gasteiger partial charge in [-0.05, 0) is 38.7 Å². The van der Waals surface area contributed by atoms with Crippen LogP contribution in [0.25, 0.3) is 0 Å². The first-order valence-electron chi connectivity index (χ1n) is 5.86. The Balaban J connectivity index is 2.47. The largest absolute Gasteiger partial charge is 0.352 e. The molecule has 0 fully saturated rings. The molecule has 0 heterocycles. The van der Waals surface area contributed by atoms with Gasteiger partial charge < -0.3 is 16.0 Å². The van der Waals surface area contributed by atoms with Crippen LogP contribution in [-0.2, 0) is 6.54 Å². The molecule has 0 aliphatic heterocycles. The standard InChI is InChI=1S/C13H21N3O/c1-16(2)9-5-8-15-13(17)12-7-4-3-6-11(12)10-14/h3-4,6-7H,5,8-10,14H2,1-2H3,(H,15,17). The maximum absolute atomic E-state index is 11.9. The first-order chi connectivity index (χ1) is 8.15. The summed E-state index contributed by atoms with van der Waals surface area (Å²) in [6, 6.07) is 7.44. The Morgan fingerprint density at radius 3 is 2.71 bits per heavy atom. The third-order valence-electron chi connectivity index (χ3n) is 2.55. The Morgan fingerprint density at radius 2 is 2.06 bits per heavy atom. The van der Waals surface area contributed by atoms with Crippen LogP contribution in [0.3, 0.4) is 0 Å². The van der Waals surface area contributed by atoms with Crippen molar-refractivity contribution in [1.29, 1.82) is 0 Å². The topological polar surface area (TPSA) is 58.4 Å². The SMILES string of the molecule is CN(C)CCCNC(=O)c1ccccc1CN. The number of hydrogen-bond acceptors (Lipinski definition) is 3. The summed E-state index contributed by atoms with van der Waals surface area (Å²) >= 11 is 0. The van der Waals surface area contributed by atoms with Gasteiger partial charge in [0, 0.05) is 18.7 Å². The summed E-state index contributed by atoms with van der Waals surface area (Å²) in [6.07, 6.45) is 0.948. The van der Waals surface area contributed by atoms with Gasteiger partial charge in [-0.3, -0.25) is 4.79 Å². The molecule has 1 aromatic carbocycles. The van der Waals surface area contributed by atoms with Crippen LogP contribution in [0.1, 0.15) is 22.3 Å². The van der Waals surface area contributed by atoms with Gasteiger partial charge in [-0.2, -0.15) is 0 Å². The highest BCUT2D eigenvalue weighted by molar-refractivity contribution is 5.95. The molecule has 4 heteroatoms. The molecule has 17 heavy (non-hydrogen) atoms. The van der Waals surface area contributed by atoms with Gasteiger partial charge in [-0.25, -0.2) is 0 Å². The summed E-state index contributed by atoms with van der Waals surface area (Å²) in [5.41, 5.74) is 7.16. The molecule has 0 unspecified atom stereocenters. The smallest absolute Gasteiger partial charge is 0.251 e. The van der Waals surface area contributed by atoms with Crippen molar-refractivity contribution in [2.24, 2.45) is 5.73 Å². The van der Waals surface area contributed by atoms with Crippen LogP contribution in [0.4, 0.5) is 0 Å². The van der Waals surface area contributed by atoms with Gasteiger partial charge in [-0.15, -0.1) is 0 Å². The minimum absolute atomic E-state index is 0.0372. The summed E-state index contributed by atoms with van der Waals surface area (Å²) in [5, 5.41) is 2.91. The molecule has 0 bridgehead atoms. The van der Waals surface area contributed by atoms with Crippen molar-refractivity contribution in [3.63, 3.8) is 0 Å². The van der Waals surface area contributed by atoms with E-state index >= 15 is 0 Å². The Bertz CT molecular complexity index is 363. The second-order valence-electron chi connectivity index (χ2n) is 4.27. The Kier molecular flexibility index (Phi) is 5.66. The molecule has 0 radical (unpaired) electrons. The van der Waals surface area contributed by atoms with Gasteiger partial charge in [0.2, 0.25) is 0 Å². The average Bonchev–Trinajstić information content (AvgIpc) is 2.34. The first-order valence-corrected chi connectivity index (χ1v) is 5.86. The van der Waals surface area contributed by atoms with Crippen LogP contribution >= 0.6 is 0 Å². The number of benzene rings is 1. The van der Waals surface area contributed by atoms with E-state index in [-0.39, 0.29) is 5.91 Å². The minimum atomic E-state index is -0.0372. The van der Waals surface area contributed by atoms with E-state index in [1.54, 1.807) is 0 Å². The molecule has 0 spiro atoms. The molecule has 1 aromatic rings. The highest BCUT2D eigenvalue weighted by Crippen LogP contribution is 2.07. The number of carbonyl (C=O) groups is 1. The van der Waals surface area contributed by atoms with Crippen molar-refractivity contribution < 1.29 is 4.79 Å². The number of amides is 1. The van der Waals surface area contributed by atoms with Crippen LogP contribution in [0.2, 0.25) is 0 Å². The lowest BCUT2D eigenvalue weighted by Crippen LogP contribution is -2.28. The summed E-state index contributed by atoms with van der Waals surface area (Å²) in [6.45, 7) is 2.05. The predicted molar refractivity (Wildman–Crippen MR) is 69.8 cm³/mol. The van der Waals surface area contributed by atoms with E-state index in [1.165, 1.54) is 0 Å². The molecule has 1 rings (SSSR count). The van der Waals surface area contributed by atoms with Gasteiger partial charge in [-0.1, -0.05) is 18.2 Å². The number of hydrogen-bond donors (Lipinski definition) is 2. The van der Waals surface area contributed by atoms with E-state index in [2.05, 4.69) is 10.2 Å². The van der Waals surface area contributed by atoms with Gasteiger partial charge >= 0.3 is 0 Å². The molecule has 4 nitrogen and oxygen atoms in total. The third kappa shape index (κ3) is 4.54. The fourth-order valence-electron chi connectivity index (χ4n) is 1.61. The fraction of sp³-hybridized carbons (Fsp3) is 0.462. The van der Waals surface area contributed by atoms with Crippen LogP contribution in [0.5, 0.6) is 0 Å². The van der Waals surface area contributed by atoms with Crippen LogP contribution < -0.4 is 11.1 Å². The highest BCUT2D eigenvalue weighted by atomic mass is 16.1. The van der Waals surface area contributed by atoms with Crippen LogP contribution in [0, 0.1) is 0 Å². The van der Waals surface area contributed by atoms with Gasteiger partial charge in [0.15, 0.2) is 0 Å². The zero-order valence-electron chi connectivity index (χ0n) is 10.6. The van der Waals surface area contributed by atoms with Crippen LogP contribution in [-0.4, -0.2) is 38.0 Å². The first kappa shape index (κ1) is 13.7. The van der Waals surface area contributed by atoms with Crippen molar-refractivity contribution in [3.8, 4) is 0 Å². The Morgan fingerprint density at radius 1 is 1.35 bits per heavy atom. The lowest BCUT2D eigenvalue weighted by Gasteiger charge is -2.11. The van der Waals surface area contributed by atoms with Crippen molar-refractivity contribution in [3.05, 3.63) is 35.4 Å². The molecule has 1 amide bonds. The van der Waals surface area contributed by atoms with E-state index in [0.717, 1.165) is 18.5 Å². The van der Waals surface area contributed by atoms with E-state index < -0.39 is 0 Å². The number of nitrogens with one attached hydrogen (secondary N) is 1. The quantitative estimate of drug-likeness (QED) is 0.718. The van der Waals surface area contributed by atoms with E-state index in [9.17, 15) is 4.79 Å². The fourth-order valence-corrected chi connectivity index (χ4v) is 1.61. The van der Waals surface area contributed by atoms with Gasteiger partial charge in [0.1, 0.15) is 0 Å². The Hall–Kier alpha value is -1.39. The average molecular weight is 235 g/mol. The zero-order valence-corrected chi connectivity index (χ0v) is 10.6. The second kappa shape index (κ2) is 7.04. The lowest BCUT2D eigenvalue weighted by molar-refractivity contribution is 0.0951. The highest BCUT2D eigenvalue weighted by Gasteiger charge is 2.08.